The predicted molar refractivity (Wildman–Crippen MR) is 79.3 cm³/mol. The molecule has 0 amide bonds. The summed E-state index contributed by atoms with van der Waals surface area (Å²) in [5, 5.41) is 10.8. The van der Waals surface area contributed by atoms with Crippen LogP contribution in [0.4, 0.5) is 5.69 Å². The molecule has 1 aromatic carbocycles. The van der Waals surface area contributed by atoms with Gasteiger partial charge in [-0.15, -0.1) is 0 Å². The molecule has 0 radical (unpaired) electrons. The Morgan fingerprint density at radius 1 is 1.42 bits per heavy atom. The van der Waals surface area contributed by atoms with Gasteiger partial charge in [-0.25, -0.2) is 0 Å². The molecule has 1 fully saturated rings. The summed E-state index contributed by atoms with van der Waals surface area (Å²) in [4.78, 5) is 10.3. The molecule has 1 saturated carbocycles. The number of benzene rings is 1. The third-order valence-electron chi connectivity index (χ3n) is 3.71. The summed E-state index contributed by atoms with van der Waals surface area (Å²) in [6.07, 6.45) is 0.791. The largest absolute Gasteiger partial charge is 0.487 e. The zero-order valence-electron chi connectivity index (χ0n) is 10.5. The van der Waals surface area contributed by atoms with Crippen molar-refractivity contribution in [2.75, 3.05) is 0 Å². The Bertz CT molecular complexity index is 511. The Balaban J connectivity index is 2.25. The van der Waals surface area contributed by atoms with E-state index >= 15 is 0 Å². The Labute approximate surface area is 127 Å². The zero-order valence-corrected chi connectivity index (χ0v) is 13.7. The van der Waals surface area contributed by atoms with Gasteiger partial charge in [-0.1, -0.05) is 13.8 Å². The van der Waals surface area contributed by atoms with Crippen LogP contribution < -0.4 is 10.5 Å². The van der Waals surface area contributed by atoms with Crippen LogP contribution >= 0.6 is 31.9 Å². The van der Waals surface area contributed by atoms with Crippen LogP contribution in [0.15, 0.2) is 21.1 Å². The number of ether oxygens (including phenoxy) is 1. The van der Waals surface area contributed by atoms with Gasteiger partial charge >= 0.3 is 0 Å². The van der Waals surface area contributed by atoms with Crippen molar-refractivity contribution in [3.63, 3.8) is 0 Å². The average molecular weight is 394 g/mol. The lowest BCUT2D eigenvalue weighted by molar-refractivity contribution is -0.385. The van der Waals surface area contributed by atoms with Gasteiger partial charge in [0.15, 0.2) is 0 Å². The standard InChI is InChI=1S/C12H14Br2N2O3/c1-12(2)9(15)5-10(12)19-11-7(13)3-6(16(17)18)4-8(11)14/h3-4,9-10H,5,15H2,1-2H3. The lowest BCUT2D eigenvalue weighted by Gasteiger charge is -2.49. The van der Waals surface area contributed by atoms with E-state index in [-0.39, 0.29) is 23.2 Å². The third-order valence-corrected chi connectivity index (χ3v) is 4.89. The van der Waals surface area contributed by atoms with E-state index < -0.39 is 4.92 Å². The predicted octanol–water partition coefficient (Wildman–Crippen LogP) is 3.62. The fourth-order valence-electron chi connectivity index (χ4n) is 2.02. The smallest absolute Gasteiger partial charge is 0.271 e. The van der Waals surface area contributed by atoms with Gasteiger partial charge in [-0.2, -0.15) is 0 Å². The van der Waals surface area contributed by atoms with Crippen LogP contribution in [0.25, 0.3) is 0 Å². The van der Waals surface area contributed by atoms with E-state index in [2.05, 4.69) is 45.7 Å². The van der Waals surface area contributed by atoms with Gasteiger partial charge in [0.1, 0.15) is 11.9 Å². The number of nitro benzene ring substituents is 1. The molecule has 5 nitrogen and oxygen atoms in total. The van der Waals surface area contributed by atoms with E-state index in [9.17, 15) is 10.1 Å². The molecule has 0 heterocycles. The van der Waals surface area contributed by atoms with E-state index in [1.54, 1.807) is 0 Å². The Morgan fingerprint density at radius 2 is 1.95 bits per heavy atom. The monoisotopic (exact) mass is 392 g/mol. The van der Waals surface area contributed by atoms with Gasteiger partial charge < -0.3 is 10.5 Å². The maximum atomic E-state index is 10.8. The maximum absolute atomic E-state index is 10.8. The summed E-state index contributed by atoms with van der Waals surface area (Å²) in [5.41, 5.74) is 5.86. The number of rotatable bonds is 3. The number of nitrogens with two attached hydrogens (primary N) is 1. The highest BCUT2D eigenvalue weighted by molar-refractivity contribution is 9.11. The van der Waals surface area contributed by atoms with Crippen LogP contribution in [-0.2, 0) is 0 Å². The molecule has 0 saturated heterocycles. The normalized spacial score (nSPS) is 24.7. The summed E-state index contributed by atoms with van der Waals surface area (Å²) in [5.74, 6) is 0.579. The molecule has 0 spiro atoms. The van der Waals surface area contributed by atoms with Crippen molar-refractivity contribution in [3.05, 3.63) is 31.2 Å². The van der Waals surface area contributed by atoms with E-state index in [1.807, 2.05) is 0 Å². The Hall–Kier alpha value is -0.660. The van der Waals surface area contributed by atoms with Crippen molar-refractivity contribution >= 4 is 37.5 Å². The molecule has 104 valence electrons. The third kappa shape index (κ3) is 2.64. The van der Waals surface area contributed by atoms with Crippen LogP contribution in [-0.4, -0.2) is 17.1 Å². The van der Waals surface area contributed by atoms with Crippen molar-refractivity contribution in [1.82, 2.24) is 0 Å². The Morgan fingerprint density at radius 3 is 2.32 bits per heavy atom. The highest BCUT2D eigenvalue weighted by Crippen LogP contribution is 2.45. The lowest BCUT2D eigenvalue weighted by atomic mass is 9.65. The molecule has 19 heavy (non-hydrogen) atoms. The minimum atomic E-state index is -0.442. The van der Waals surface area contributed by atoms with Crippen LogP contribution in [0, 0.1) is 15.5 Å². The van der Waals surface area contributed by atoms with Gasteiger partial charge in [0, 0.05) is 30.0 Å². The molecule has 7 heteroatoms. The van der Waals surface area contributed by atoms with Crippen LogP contribution in [0.3, 0.4) is 0 Å². The topological polar surface area (TPSA) is 78.4 Å². The minimum Gasteiger partial charge on any atom is -0.487 e. The molecular weight excluding hydrogens is 380 g/mol. The molecule has 2 atom stereocenters. The van der Waals surface area contributed by atoms with Gasteiger partial charge in [0.05, 0.1) is 13.9 Å². The minimum absolute atomic E-state index is 0.00988. The molecule has 2 N–H and O–H groups in total. The first-order valence-corrected chi connectivity index (χ1v) is 7.37. The van der Waals surface area contributed by atoms with E-state index in [0.717, 1.165) is 6.42 Å². The number of nitro groups is 1. The molecule has 1 aliphatic rings. The first-order valence-electron chi connectivity index (χ1n) is 5.79. The number of hydrogen-bond acceptors (Lipinski definition) is 4. The van der Waals surface area contributed by atoms with Crippen LogP contribution in [0.2, 0.25) is 0 Å². The fraction of sp³-hybridized carbons (Fsp3) is 0.500. The highest BCUT2D eigenvalue weighted by Gasteiger charge is 2.48. The van der Waals surface area contributed by atoms with Crippen molar-refractivity contribution in [3.8, 4) is 5.75 Å². The van der Waals surface area contributed by atoms with Gasteiger partial charge in [0.2, 0.25) is 0 Å². The van der Waals surface area contributed by atoms with Gasteiger partial charge in [-0.3, -0.25) is 10.1 Å². The molecule has 2 unspecified atom stereocenters. The van der Waals surface area contributed by atoms with Crippen molar-refractivity contribution in [1.29, 1.82) is 0 Å². The number of hydrogen-bond donors (Lipinski definition) is 1. The quantitative estimate of drug-likeness (QED) is 0.628. The molecule has 1 aliphatic carbocycles. The fourth-order valence-corrected chi connectivity index (χ4v) is 3.37. The number of halogens is 2. The summed E-state index contributed by atoms with van der Waals surface area (Å²) in [6, 6.07) is 2.99. The average Bonchev–Trinajstić information content (AvgIpc) is 2.31. The van der Waals surface area contributed by atoms with Crippen molar-refractivity contribution in [2.45, 2.75) is 32.4 Å². The first-order chi connectivity index (χ1) is 8.73. The zero-order chi connectivity index (χ0) is 14.4. The highest BCUT2D eigenvalue weighted by atomic mass is 79.9. The van der Waals surface area contributed by atoms with Gasteiger partial charge in [-0.05, 0) is 31.9 Å². The molecule has 0 aliphatic heterocycles. The number of nitrogens with zero attached hydrogens (tertiary/aromatic N) is 1. The van der Waals surface area contributed by atoms with Crippen LogP contribution in [0.5, 0.6) is 5.75 Å². The SMILES string of the molecule is CC1(C)C(N)CC1Oc1c(Br)cc([N+](=O)[O-])cc1Br. The van der Waals surface area contributed by atoms with Crippen LogP contribution in [0.1, 0.15) is 20.3 Å². The summed E-state index contributed by atoms with van der Waals surface area (Å²) < 4.78 is 7.06. The number of non-ortho nitro benzene ring substituents is 1. The van der Waals surface area contributed by atoms with Gasteiger partial charge in [0.25, 0.3) is 5.69 Å². The Kier molecular flexibility index (Phi) is 3.90. The summed E-state index contributed by atoms with van der Waals surface area (Å²) >= 11 is 6.62. The second kappa shape index (κ2) is 5.03. The molecular formula is C12H14Br2N2O3. The second-order valence-electron chi connectivity index (χ2n) is 5.27. The summed E-state index contributed by atoms with van der Waals surface area (Å²) in [7, 11) is 0. The molecule has 1 aromatic rings. The molecule has 0 aromatic heterocycles. The van der Waals surface area contributed by atoms with Crippen molar-refractivity contribution < 1.29 is 9.66 Å². The maximum Gasteiger partial charge on any atom is 0.271 e. The van der Waals surface area contributed by atoms with E-state index in [0.29, 0.717) is 14.7 Å². The summed E-state index contributed by atoms with van der Waals surface area (Å²) in [6.45, 7) is 4.11. The first kappa shape index (κ1) is 14.7. The molecule has 0 bridgehead atoms. The molecule has 2 rings (SSSR count). The van der Waals surface area contributed by atoms with E-state index in [4.69, 9.17) is 10.5 Å². The van der Waals surface area contributed by atoms with Crippen molar-refractivity contribution in [2.24, 2.45) is 11.1 Å². The lowest BCUT2D eigenvalue weighted by Crippen LogP contribution is -2.60. The second-order valence-corrected chi connectivity index (χ2v) is 6.97. The van der Waals surface area contributed by atoms with E-state index in [1.165, 1.54) is 12.1 Å².